The molecule has 0 radical (unpaired) electrons. The summed E-state index contributed by atoms with van der Waals surface area (Å²) in [6.07, 6.45) is 1.31. The third-order valence-electron chi connectivity index (χ3n) is 3.83. The zero-order valence-electron chi connectivity index (χ0n) is 13.2. The van der Waals surface area contributed by atoms with E-state index in [-0.39, 0.29) is 17.1 Å². The van der Waals surface area contributed by atoms with Crippen molar-refractivity contribution in [2.75, 3.05) is 31.6 Å². The van der Waals surface area contributed by atoms with Crippen molar-refractivity contribution in [1.82, 2.24) is 15.1 Å². The van der Waals surface area contributed by atoms with E-state index in [1.807, 2.05) is 0 Å². The summed E-state index contributed by atoms with van der Waals surface area (Å²) in [5.74, 6) is -0.948. The first-order valence-electron chi connectivity index (χ1n) is 7.52. The van der Waals surface area contributed by atoms with E-state index in [2.05, 4.69) is 20.4 Å². The fourth-order valence-electron chi connectivity index (χ4n) is 2.52. The number of hydrogen-bond donors (Lipinski definition) is 3. The maximum absolute atomic E-state index is 12.3. The van der Waals surface area contributed by atoms with Crippen LogP contribution in [0.4, 0.5) is 5.69 Å². The summed E-state index contributed by atoms with van der Waals surface area (Å²) in [5, 5.41) is 17.5. The molecular formula is C15H18N4O5. The Morgan fingerprint density at radius 1 is 1.42 bits per heavy atom. The third-order valence-corrected chi connectivity index (χ3v) is 3.83. The summed E-state index contributed by atoms with van der Waals surface area (Å²) in [6.45, 7) is 5.54. The lowest BCUT2D eigenvalue weighted by Gasteiger charge is -2.26. The average Bonchev–Trinajstić information content (AvgIpc) is 3.16. The standard InChI is InChI=1S/C15H18N4O5/c1-9-10(8-19-2-4-23-5-3-19)6-12(24-9)14(20)17-11-7-16-18-13(11)15(21)22/h6-7H,2-5,8H2,1H3,(H,16,18)(H,17,20)(H,21,22). The molecule has 24 heavy (non-hydrogen) atoms. The molecular weight excluding hydrogens is 316 g/mol. The van der Waals surface area contributed by atoms with Gasteiger partial charge in [-0.25, -0.2) is 4.79 Å². The number of rotatable bonds is 5. The Hall–Kier alpha value is -2.65. The predicted octanol–water partition coefficient (Wildman–Crippen LogP) is 1.09. The van der Waals surface area contributed by atoms with E-state index in [0.29, 0.717) is 25.5 Å². The van der Waals surface area contributed by atoms with Crippen LogP contribution in [0.15, 0.2) is 16.7 Å². The number of aromatic carboxylic acids is 1. The van der Waals surface area contributed by atoms with Gasteiger partial charge in [-0.3, -0.25) is 14.8 Å². The summed E-state index contributed by atoms with van der Waals surface area (Å²) in [4.78, 5) is 25.5. The Bertz CT molecular complexity index is 745. The minimum atomic E-state index is -1.23. The van der Waals surface area contributed by atoms with Crippen molar-refractivity contribution in [3.63, 3.8) is 0 Å². The number of nitrogens with one attached hydrogen (secondary N) is 2. The maximum atomic E-state index is 12.3. The molecule has 3 N–H and O–H groups in total. The maximum Gasteiger partial charge on any atom is 0.358 e. The number of amides is 1. The molecule has 9 nitrogen and oxygen atoms in total. The smallest absolute Gasteiger partial charge is 0.358 e. The van der Waals surface area contributed by atoms with Crippen LogP contribution in [0.25, 0.3) is 0 Å². The lowest BCUT2D eigenvalue weighted by Crippen LogP contribution is -2.35. The SMILES string of the molecule is Cc1oc(C(=O)Nc2c[nH]nc2C(=O)O)cc1CN1CCOCC1. The Labute approximate surface area is 137 Å². The number of anilines is 1. The molecule has 0 aromatic carbocycles. The van der Waals surface area contributed by atoms with E-state index in [1.165, 1.54) is 6.20 Å². The summed E-state index contributed by atoms with van der Waals surface area (Å²) >= 11 is 0. The molecule has 3 rings (SSSR count). The second-order valence-corrected chi connectivity index (χ2v) is 5.49. The zero-order chi connectivity index (χ0) is 17.1. The first-order chi connectivity index (χ1) is 11.5. The molecule has 0 aliphatic carbocycles. The van der Waals surface area contributed by atoms with E-state index in [1.54, 1.807) is 13.0 Å². The third kappa shape index (κ3) is 3.47. The molecule has 3 heterocycles. The van der Waals surface area contributed by atoms with Crippen molar-refractivity contribution >= 4 is 17.6 Å². The molecule has 1 saturated heterocycles. The summed E-state index contributed by atoms with van der Waals surface area (Å²) < 4.78 is 10.8. The van der Waals surface area contributed by atoms with Crippen LogP contribution in [0.5, 0.6) is 0 Å². The topological polar surface area (TPSA) is 121 Å². The Kier molecular flexibility index (Phi) is 4.63. The van der Waals surface area contributed by atoms with Gasteiger partial charge in [-0.05, 0) is 13.0 Å². The molecule has 1 aliphatic heterocycles. The predicted molar refractivity (Wildman–Crippen MR) is 83.0 cm³/mol. The first-order valence-corrected chi connectivity index (χ1v) is 7.52. The van der Waals surface area contributed by atoms with Crippen LogP contribution in [0.2, 0.25) is 0 Å². The van der Waals surface area contributed by atoms with Gasteiger partial charge in [0.15, 0.2) is 11.5 Å². The van der Waals surface area contributed by atoms with Gasteiger partial charge in [-0.15, -0.1) is 0 Å². The summed E-state index contributed by atoms with van der Waals surface area (Å²) in [6, 6.07) is 1.68. The number of furan rings is 1. The minimum Gasteiger partial charge on any atom is -0.476 e. The molecule has 0 spiro atoms. The number of carboxylic acids is 1. The van der Waals surface area contributed by atoms with Crippen LogP contribution in [0, 0.1) is 6.92 Å². The highest BCUT2D eigenvalue weighted by atomic mass is 16.5. The summed E-state index contributed by atoms with van der Waals surface area (Å²) in [7, 11) is 0. The van der Waals surface area contributed by atoms with Gasteiger partial charge in [-0.2, -0.15) is 5.10 Å². The summed E-state index contributed by atoms with van der Waals surface area (Å²) in [5.41, 5.74) is 0.768. The van der Waals surface area contributed by atoms with Crippen LogP contribution in [0.3, 0.4) is 0 Å². The number of aryl methyl sites for hydroxylation is 1. The monoisotopic (exact) mass is 334 g/mol. The fraction of sp³-hybridized carbons (Fsp3) is 0.400. The van der Waals surface area contributed by atoms with Gasteiger partial charge in [0.1, 0.15) is 5.76 Å². The first kappa shape index (κ1) is 16.2. The molecule has 0 atom stereocenters. The fourth-order valence-corrected chi connectivity index (χ4v) is 2.52. The van der Waals surface area contributed by atoms with Crippen molar-refractivity contribution in [1.29, 1.82) is 0 Å². The van der Waals surface area contributed by atoms with E-state index in [9.17, 15) is 9.59 Å². The van der Waals surface area contributed by atoms with Gasteiger partial charge in [-0.1, -0.05) is 0 Å². The van der Waals surface area contributed by atoms with Crippen LogP contribution < -0.4 is 5.32 Å². The van der Waals surface area contributed by atoms with E-state index in [4.69, 9.17) is 14.3 Å². The second kappa shape index (κ2) is 6.85. The molecule has 2 aromatic heterocycles. The molecule has 0 unspecified atom stereocenters. The van der Waals surface area contributed by atoms with Gasteiger partial charge in [0.25, 0.3) is 5.91 Å². The number of hydrogen-bond acceptors (Lipinski definition) is 6. The van der Waals surface area contributed by atoms with Crippen molar-refractivity contribution < 1.29 is 23.8 Å². The largest absolute Gasteiger partial charge is 0.476 e. The number of aromatic nitrogens is 2. The molecule has 9 heteroatoms. The highest BCUT2D eigenvalue weighted by molar-refractivity contribution is 6.05. The molecule has 1 amide bonds. The minimum absolute atomic E-state index is 0.0938. The van der Waals surface area contributed by atoms with E-state index >= 15 is 0 Å². The number of H-pyrrole nitrogens is 1. The Balaban J connectivity index is 1.70. The zero-order valence-corrected chi connectivity index (χ0v) is 13.2. The number of morpholine rings is 1. The Morgan fingerprint density at radius 3 is 2.88 bits per heavy atom. The van der Waals surface area contributed by atoms with Gasteiger partial charge < -0.3 is 19.6 Å². The molecule has 128 valence electrons. The number of aromatic amines is 1. The van der Waals surface area contributed by atoms with Gasteiger partial charge in [0.05, 0.1) is 18.9 Å². The normalized spacial score (nSPS) is 15.4. The van der Waals surface area contributed by atoms with Crippen LogP contribution in [-0.4, -0.2) is 58.4 Å². The highest BCUT2D eigenvalue weighted by Crippen LogP contribution is 2.19. The van der Waals surface area contributed by atoms with Crippen molar-refractivity contribution in [3.05, 3.63) is 35.0 Å². The van der Waals surface area contributed by atoms with Gasteiger partial charge in [0.2, 0.25) is 0 Å². The number of ether oxygens (including phenoxy) is 1. The van der Waals surface area contributed by atoms with Crippen molar-refractivity contribution in [3.8, 4) is 0 Å². The molecule has 0 saturated carbocycles. The number of carbonyl (C=O) groups is 2. The molecule has 1 aliphatic rings. The molecule has 1 fully saturated rings. The number of carboxylic acid groups (broad SMARTS) is 1. The van der Waals surface area contributed by atoms with Gasteiger partial charge >= 0.3 is 5.97 Å². The number of nitrogens with zero attached hydrogens (tertiary/aromatic N) is 2. The number of carbonyl (C=O) groups excluding carboxylic acids is 1. The molecule has 2 aromatic rings. The molecule has 0 bridgehead atoms. The lowest BCUT2D eigenvalue weighted by atomic mass is 10.2. The van der Waals surface area contributed by atoms with Gasteiger partial charge in [0, 0.05) is 31.4 Å². The van der Waals surface area contributed by atoms with Crippen LogP contribution >= 0.6 is 0 Å². The quantitative estimate of drug-likeness (QED) is 0.748. The van der Waals surface area contributed by atoms with Crippen LogP contribution in [-0.2, 0) is 11.3 Å². The van der Waals surface area contributed by atoms with Crippen molar-refractivity contribution in [2.45, 2.75) is 13.5 Å². The lowest BCUT2D eigenvalue weighted by molar-refractivity contribution is 0.0340. The van der Waals surface area contributed by atoms with Crippen molar-refractivity contribution in [2.24, 2.45) is 0 Å². The average molecular weight is 334 g/mol. The highest BCUT2D eigenvalue weighted by Gasteiger charge is 2.21. The van der Waals surface area contributed by atoms with Crippen LogP contribution in [0.1, 0.15) is 32.4 Å². The second-order valence-electron chi connectivity index (χ2n) is 5.49. The van der Waals surface area contributed by atoms with E-state index in [0.717, 1.165) is 18.7 Å². The Morgan fingerprint density at radius 2 is 2.17 bits per heavy atom. The van der Waals surface area contributed by atoms with E-state index < -0.39 is 11.9 Å².